The molecule has 1 aliphatic heterocycles. The van der Waals surface area contributed by atoms with Crippen LogP contribution in [0.4, 0.5) is 5.69 Å². The Balaban J connectivity index is 1.87. The van der Waals surface area contributed by atoms with Gasteiger partial charge < -0.3 is 5.32 Å². The molecule has 1 heterocycles. The summed E-state index contributed by atoms with van der Waals surface area (Å²) in [7, 11) is -2.86. The molecule has 0 aliphatic carbocycles. The summed E-state index contributed by atoms with van der Waals surface area (Å²) >= 11 is 3.37. The number of carbonyl (C=O) groups excluding carboxylic acids is 1. The number of para-hydroxylation sites is 1. The van der Waals surface area contributed by atoms with E-state index in [0.717, 1.165) is 10.2 Å². The first kappa shape index (κ1) is 14.5. The predicted octanol–water partition coefficient (Wildman–Crippen LogP) is 2.60. The van der Waals surface area contributed by atoms with Crippen LogP contribution in [0.3, 0.4) is 0 Å². The van der Waals surface area contributed by atoms with E-state index in [-0.39, 0.29) is 23.3 Å². The Bertz CT molecular complexity index is 557. The molecule has 0 bridgehead atoms. The minimum atomic E-state index is -2.86. The third kappa shape index (κ3) is 4.31. The Hall–Kier alpha value is -0.880. The summed E-state index contributed by atoms with van der Waals surface area (Å²) in [5.74, 6) is 0.530. The maximum atomic E-state index is 11.9. The van der Waals surface area contributed by atoms with Crippen LogP contribution in [-0.2, 0) is 14.6 Å². The van der Waals surface area contributed by atoms with Gasteiger partial charge in [0.05, 0.1) is 17.2 Å². The summed E-state index contributed by atoms with van der Waals surface area (Å²) in [4.78, 5) is 11.9. The number of anilines is 1. The summed E-state index contributed by atoms with van der Waals surface area (Å²) in [6.45, 7) is 0. The van der Waals surface area contributed by atoms with Gasteiger partial charge in [0.2, 0.25) is 5.91 Å². The molecule has 4 nitrogen and oxygen atoms in total. The molecule has 19 heavy (non-hydrogen) atoms. The zero-order valence-corrected chi connectivity index (χ0v) is 12.8. The topological polar surface area (TPSA) is 63.2 Å². The van der Waals surface area contributed by atoms with Gasteiger partial charge in [0, 0.05) is 10.9 Å². The largest absolute Gasteiger partial charge is 0.325 e. The minimum Gasteiger partial charge on any atom is -0.325 e. The van der Waals surface area contributed by atoms with Gasteiger partial charge in [-0.15, -0.1) is 0 Å². The van der Waals surface area contributed by atoms with Gasteiger partial charge in [0.25, 0.3) is 0 Å². The molecule has 0 spiro atoms. The number of halogens is 1. The van der Waals surface area contributed by atoms with Gasteiger partial charge in [0.1, 0.15) is 9.84 Å². The molecule has 1 saturated heterocycles. The third-order valence-electron chi connectivity index (χ3n) is 3.30. The van der Waals surface area contributed by atoms with E-state index in [9.17, 15) is 13.2 Å². The average Bonchev–Trinajstić information content (AvgIpc) is 2.35. The second-order valence-corrected chi connectivity index (χ2v) is 7.99. The van der Waals surface area contributed by atoms with E-state index in [1.165, 1.54) is 0 Å². The molecule has 0 radical (unpaired) electrons. The molecule has 1 aromatic carbocycles. The highest BCUT2D eigenvalue weighted by Crippen LogP contribution is 2.24. The molecule has 0 unspecified atom stereocenters. The van der Waals surface area contributed by atoms with Crippen molar-refractivity contribution >= 4 is 37.4 Å². The van der Waals surface area contributed by atoms with Gasteiger partial charge >= 0.3 is 0 Å². The SMILES string of the molecule is O=C(CC1CCS(=O)(=O)CC1)Nc1ccccc1Br. The van der Waals surface area contributed by atoms with Gasteiger partial charge in [-0.1, -0.05) is 12.1 Å². The molecule has 6 heteroatoms. The molecule has 0 atom stereocenters. The van der Waals surface area contributed by atoms with Gasteiger partial charge in [-0.05, 0) is 46.8 Å². The lowest BCUT2D eigenvalue weighted by Gasteiger charge is -2.21. The number of carbonyl (C=O) groups is 1. The quantitative estimate of drug-likeness (QED) is 0.915. The second kappa shape index (κ2) is 6.05. The summed E-state index contributed by atoms with van der Waals surface area (Å²) in [5, 5.41) is 2.84. The van der Waals surface area contributed by atoms with Gasteiger partial charge in [-0.3, -0.25) is 4.79 Å². The first-order valence-corrected chi connectivity index (χ1v) is 8.82. The van der Waals surface area contributed by atoms with Crippen LogP contribution in [0.25, 0.3) is 0 Å². The average molecular weight is 346 g/mol. The maximum Gasteiger partial charge on any atom is 0.224 e. The number of rotatable bonds is 3. The Morgan fingerprint density at radius 1 is 1.26 bits per heavy atom. The highest BCUT2D eigenvalue weighted by molar-refractivity contribution is 9.10. The Labute approximate surface area is 121 Å². The zero-order valence-electron chi connectivity index (χ0n) is 10.4. The first-order valence-electron chi connectivity index (χ1n) is 6.21. The molecule has 1 aliphatic rings. The highest BCUT2D eigenvalue weighted by Gasteiger charge is 2.25. The van der Waals surface area contributed by atoms with Crippen molar-refractivity contribution in [2.24, 2.45) is 5.92 Å². The van der Waals surface area contributed by atoms with E-state index >= 15 is 0 Å². The van der Waals surface area contributed by atoms with Crippen molar-refractivity contribution in [3.63, 3.8) is 0 Å². The fraction of sp³-hybridized carbons (Fsp3) is 0.462. The summed E-state index contributed by atoms with van der Waals surface area (Å²) in [5.41, 5.74) is 0.746. The van der Waals surface area contributed by atoms with E-state index in [2.05, 4.69) is 21.2 Å². The number of sulfone groups is 1. The minimum absolute atomic E-state index is 0.0591. The van der Waals surface area contributed by atoms with Crippen LogP contribution in [0, 0.1) is 5.92 Å². The van der Waals surface area contributed by atoms with Crippen molar-refractivity contribution in [1.82, 2.24) is 0 Å². The molecular weight excluding hydrogens is 330 g/mol. The molecule has 0 aromatic heterocycles. The second-order valence-electron chi connectivity index (χ2n) is 4.83. The van der Waals surface area contributed by atoms with Crippen LogP contribution in [0.1, 0.15) is 19.3 Å². The van der Waals surface area contributed by atoms with Crippen molar-refractivity contribution in [2.45, 2.75) is 19.3 Å². The van der Waals surface area contributed by atoms with Crippen LogP contribution in [-0.4, -0.2) is 25.8 Å². The third-order valence-corrected chi connectivity index (χ3v) is 5.70. The number of nitrogens with one attached hydrogen (secondary N) is 1. The normalized spacial score (nSPS) is 19.0. The molecule has 104 valence electrons. The molecule has 1 aromatic rings. The predicted molar refractivity (Wildman–Crippen MR) is 78.8 cm³/mol. The van der Waals surface area contributed by atoms with Gasteiger partial charge in [0.15, 0.2) is 0 Å². The lowest BCUT2D eigenvalue weighted by atomic mass is 9.98. The Kier molecular flexibility index (Phi) is 4.62. The zero-order chi connectivity index (χ0) is 13.9. The van der Waals surface area contributed by atoms with Crippen LogP contribution >= 0.6 is 15.9 Å². The number of hydrogen-bond acceptors (Lipinski definition) is 3. The van der Waals surface area contributed by atoms with E-state index < -0.39 is 9.84 Å². The number of benzene rings is 1. The maximum absolute atomic E-state index is 11.9. The van der Waals surface area contributed by atoms with E-state index in [4.69, 9.17) is 0 Å². The van der Waals surface area contributed by atoms with Crippen molar-refractivity contribution in [2.75, 3.05) is 16.8 Å². The summed E-state index contributed by atoms with van der Waals surface area (Å²) in [6, 6.07) is 7.43. The molecule has 1 fully saturated rings. The van der Waals surface area contributed by atoms with Gasteiger partial charge in [-0.2, -0.15) is 0 Å². The fourth-order valence-electron chi connectivity index (χ4n) is 2.17. The Morgan fingerprint density at radius 3 is 2.53 bits per heavy atom. The van der Waals surface area contributed by atoms with Crippen molar-refractivity contribution in [1.29, 1.82) is 0 Å². The lowest BCUT2D eigenvalue weighted by Crippen LogP contribution is -2.26. The van der Waals surface area contributed by atoms with Crippen LogP contribution in [0.15, 0.2) is 28.7 Å². The molecule has 0 saturated carbocycles. The van der Waals surface area contributed by atoms with Crippen molar-refractivity contribution in [3.05, 3.63) is 28.7 Å². The van der Waals surface area contributed by atoms with Crippen molar-refractivity contribution in [3.8, 4) is 0 Å². The van der Waals surface area contributed by atoms with Crippen molar-refractivity contribution < 1.29 is 13.2 Å². The standard InChI is InChI=1S/C13H16BrNO3S/c14-11-3-1-2-4-12(11)15-13(16)9-10-5-7-19(17,18)8-6-10/h1-4,10H,5-9H2,(H,15,16). The monoisotopic (exact) mass is 345 g/mol. The first-order chi connectivity index (χ1) is 8.96. The molecular formula is C13H16BrNO3S. The Morgan fingerprint density at radius 2 is 1.89 bits per heavy atom. The molecule has 1 N–H and O–H groups in total. The van der Waals surface area contributed by atoms with E-state index in [1.807, 2.05) is 24.3 Å². The van der Waals surface area contributed by atoms with Crippen LogP contribution in [0.5, 0.6) is 0 Å². The molecule has 2 rings (SSSR count). The van der Waals surface area contributed by atoms with E-state index in [0.29, 0.717) is 19.3 Å². The smallest absolute Gasteiger partial charge is 0.224 e. The van der Waals surface area contributed by atoms with Gasteiger partial charge in [-0.25, -0.2) is 8.42 Å². The fourth-order valence-corrected chi connectivity index (χ4v) is 4.14. The molecule has 1 amide bonds. The number of amides is 1. The summed E-state index contributed by atoms with van der Waals surface area (Å²) in [6.07, 6.45) is 1.56. The number of hydrogen-bond donors (Lipinski definition) is 1. The highest BCUT2D eigenvalue weighted by atomic mass is 79.9. The van der Waals surface area contributed by atoms with Crippen LogP contribution < -0.4 is 5.32 Å². The lowest BCUT2D eigenvalue weighted by molar-refractivity contribution is -0.117. The van der Waals surface area contributed by atoms with Crippen LogP contribution in [0.2, 0.25) is 0 Å². The summed E-state index contributed by atoms with van der Waals surface area (Å²) < 4.78 is 23.5. The van der Waals surface area contributed by atoms with E-state index in [1.54, 1.807) is 0 Å².